The van der Waals surface area contributed by atoms with Crippen LogP contribution in [0.25, 0.3) is 0 Å². The molecule has 3 aromatic rings. The number of aldehydes is 1. The molecule has 0 aromatic heterocycles. The molecule has 120 valence electrons. The number of aryl methyl sites for hydroxylation is 2. The zero-order valence-corrected chi connectivity index (χ0v) is 14.7. The lowest BCUT2D eigenvalue weighted by atomic mass is 10.0. The van der Waals surface area contributed by atoms with Crippen LogP contribution in [-0.2, 0) is 4.57 Å². The largest absolute Gasteiger partial charge is 0.309 e. The van der Waals surface area contributed by atoms with E-state index in [4.69, 9.17) is 0 Å². The Hall–Kier alpha value is -2.44. The van der Waals surface area contributed by atoms with Crippen LogP contribution in [0, 0.1) is 13.8 Å². The normalized spacial score (nSPS) is 11.2. The predicted molar refractivity (Wildman–Crippen MR) is 101 cm³/mol. The molecule has 3 heteroatoms. The topological polar surface area (TPSA) is 34.1 Å². The van der Waals surface area contributed by atoms with Crippen molar-refractivity contribution in [1.82, 2.24) is 0 Å². The van der Waals surface area contributed by atoms with Gasteiger partial charge in [-0.25, -0.2) is 0 Å². The lowest BCUT2D eigenvalue weighted by molar-refractivity contribution is 0.112. The van der Waals surface area contributed by atoms with E-state index in [0.717, 1.165) is 33.3 Å². The third-order valence-electron chi connectivity index (χ3n) is 4.30. The first-order valence-corrected chi connectivity index (χ1v) is 9.56. The molecule has 2 nitrogen and oxygen atoms in total. The van der Waals surface area contributed by atoms with Crippen molar-refractivity contribution >= 4 is 29.3 Å². The SMILES string of the molecule is Cc1cc(P(=O)(c2ccccc2)c2ccccc2)cc(C)c1C=O. The molecule has 24 heavy (non-hydrogen) atoms. The molecule has 0 spiro atoms. The van der Waals surface area contributed by atoms with E-state index in [-0.39, 0.29) is 0 Å². The highest BCUT2D eigenvalue weighted by Gasteiger charge is 2.30. The van der Waals surface area contributed by atoms with Crippen LogP contribution in [0.4, 0.5) is 0 Å². The Bertz CT molecular complexity index is 849. The van der Waals surface area contributed by atoms with E-state index in [1.165, 1.54) is 0 Å². The molecule has 0 amide bonds. The van der Waals surface area contributed by atoms with Crippen LogP contribution >= 0.6 is 7.14 Å². The van der Waals surface area contributed by atoms with Crippen LogP contribution < -0.4 is 15.9 Å². The van der Waals surface area contributed by atoms with Crippen molar-refractivity contribution in [3.05, 3.63) is 89.5 Å². The molecule has 3 rings (SSSR count). The van der Waals surface area contributed by atoms with Crippen molar-refractivity contribution < 1.29 is 9.36 Å². The molecule has 0 aliphatic rings. The molecule has 3 aromatic carbocycles. The smallest absolute Gasteiger partial charge is 0.171 e. The first-order valence-electron chi connectivity index (χ1n) is 7.85. The van der Waals surface area contributed by atoms with E-state index >= 15 is 0 Å². The van der Waals surface area contributed by atoms with Crippen LogP contribution in [0.5, 0.6) is 0 Å². The third-order valence-corrected chi connectivity index (χ3v) is 7.34. The Kier molecular flexibility index (Phi) is 4.51. The maximum absolute atomic E-state index is 14.2. The Morgan fingerprint density at radius 2 is 1.12 bits per heavy atom. The van der Waals surface area contributed by atoms with Crippen molar-refractivity contribution in [2.75, 3.05) is 0 Å². The van der Waals surface area contributed by atoms with Crippen LogP contribution in [0.3, 0.4) is 0 Å². The molecule has 0 aliphatic heterocycles. The molecule has 0 bridgehead atoms. The summed E-state index contributed by atoms with van der Waals surface area (Å²) in [6.07, 6.45) is 0.865. The van der Waals surface area contributed by atoms with Gasteiger partial charge >= 0.3 is 0 Å². The fourth-order valence-electron chi connectivity index (χ4n) is 3.04. The quantitative estimate of drug-likeness (QED) is 0.538. The summed E-state index contributed by atoms with van der Waals surface area (Å²) < 4.78 is 14.2. The summed E-state index contributed by atoms with van der Waals surface area (Å²) in [6.45, 7) is 3.78. The number of carbonyl (C=O) groups is 1. The van der Waals surface area contributed by atoms with Gasteiger partial charge in [0.05, 0.1) is 0 Å². The van der Waals surface area contributed by atoms with Crippen molar-refractivity contribution in [2.45, 2.75) is 13.8 Å². The van der Waals surface area contributed by atoms with Gasteiger partial charge in [-0.2, -0.15) is 0 Å². The van der Waals surface area contributed by atoms with Crippen molar-refractivity contribution in [2.24, 2.45) is 0 Å². The first-order chi connectivity index (χ1) is 11.6. The molecule has 0 atom stereocenters. The standard InChI is InChI=1S/C21H19O2P/c1-16-13-20(14-17(2)21(16)15-22)24(23,18-9-5-3-6-10-18)19-11-7-4-8-12-19/h3-15H,1-2H3. The van der Waals surface area contributed by atoms with Gasteiger partial charge in [-0.05, 0) is 37.1 Å². The van der Waals surface area contributed by atoms with Crippen LogP contribution in [0.2, 0.25) is 0 Å². The number of rotatable bonds is 4. The number of carbonyl (C=O) groups excluding carboxylic acids is 1. The molecular weight excluding hydrogens is 315 g/mol. The minimum absolute atomic E-state index is 0.673. The Labute approximate surface area is 142 Å². The monoisotopic (exact) mass is 334 g/mol. The Morgan fingerprint density at radius 3 is 1.50 bits per heavy atom. The molecule has 0 fully saturated rings. The maximum Gasteiger partial charge on any atom is 0.171 e. The lowest BCUT2D eigenvalue weighted by Gasteiger charge is -2.21. The van der Waals surface area contributed by atoms with E-state index in [2.05, 4.69) is 0 Å². The average molecular weight is 334 g/mol. The van der Waals surface area contributed by atoms with Gasteiger partial charge < -0.3 is 4.57 Å². The van der Waals surface area contributed by atoms with Gasteiger partial charge in [0.25, 0.3) is 0 Å². The second-order valence-electron chi connectivity index (χ2n) is 5.89. The van der Waals surface area contributed by atoms with Gasteiger partial charge in [-0.1, -0.05) is 60.7 Å². The van der Waals surface area contributed by atoms with Gasteiger partial charge in [-0.3, -0.25) is 4.79 Å². The van der Waals surface area contributed by atoms with E-state index in [1.54, 1.807) is 0 Å². The van der Waals surface area contributed by atoms with Crippen LogP contribution in [-0.4, -0.2) is 6.29 Å². The summed E-state index contributed by atoms with van der Waals surface area (Å²) in [5.74, 6) is 0. The predicted octanol–water partition coefficient (Wildman–Crippen LogP) is 3.76. The highest BCUT2D eigenvalue weighted by atomic mass is 31.2. The second kappa shape index (κ2) is 6.59. The van der Waals surface area contributed by atoms with Gasteiger partial charge in [0.2, 0.25) is 0 Å². The fraction of sp³-hybridized carbons (Fsp3) is 0.0952. The first kappa shape index (κ1) is 16.4. The number of hydrogen-bond donors (Lipinski definition) is 0. The van der Waals surface area contributed by atoms with E-state index in [1.807, 2.05) is 86.6 Å². The molecule has 0 heterocycles. The summed E-state index contributed by atoms with van der Waals surface area (Å²) in [5.41, 5.74) is 2.38. The summed E-state index contributed by atoms with van der Waals surface area (Å²) in [6, 6.07) is 22.9. The van der Waals surface area contributed by atoms with Crippen LogP contribution in [0.1, 0.15) is 21.5 Å². The molecule has 0 unspecified atom stereocenters. The molecule has 0 N–H and O–H groups in total. The Balaban J connectivity index is 2.32. The highest BCUT2D eigenvalue weighted by Crippen LogP contribution is 2.42. The summed E-state index contributed by atoms with van der Waals surface area (Å²) in [4.78, 5) is 11.3. The van der Waals surface area contributed by atoms with E-state index in [0.29, 0.717) is 5.56 Å². The minimum atomic E-state index is -2.98. The second-order valence-corrected chi connectivity index (χ2v) is 8.66. The van der Waals surface area contributed by atoms with E-state index in [9.17, 15) is 9.36 Å². The molecule has 0 aliphatic carbocycles. The highest BCUT2D eigenvalue weighted by molar-refractivity contribution is 7.85. The van der Waals surface area contributed by atoms with Crippen LogP contribution in [0.15, 0.2) is 72.8 Å². The van der Waals surface area contributed by atoms with Gasteiger partial charge in [0.1, 0.15) is 0 Å². The molecular formula is C21H19O2P. The zero-order chi connectivity index (χ0) is 17.2. The van der Waals surface area contributed by atoms with E-state index < -0.39 is 7.14 Å². The zero-order valence-electron chi connectivity index (χ0n) is 13.8. The minimum Gasteiger partial charge on any atom is -0.309 e. The maximum atomic E-state index is 14.2. The molecule has 0 saturated heterocycles. The summed E-state index contributed by atoms with van der Waals surface area (Å²) in [7, 11) is -2.98. The fourth-order valence-corrected chi connectivity index (χ4v) is 5.87. The third kappa shape index (κ3) is 2.74. The van der Waals surface area contributed by atoms with Gasteiger partial charge in [-0.15, -0.1) is 0 Å². The molecule has 0 saturated carbocycles. The number of hydrogen-bond acceptors (Lipinski definition) is 2. The average Bonchev–Trinajstić information content (AvgIpc) is 2.62. The summed E-state index contributed by atoms with van der Waals surface area (Å²) in [5, 5.41) is 2.36. The van der Waals surface area contributed by atoms with Gasteiger partial charge in [0.15, 0.2) is 13.4 Å². The number of benzene rings is 3. The van der Waals surface area contributed by atoms with Crippen molar-refractivity contribution in [1.29, 1.82) is 0 Å². The van der Waals surface area contributed by atoms with Gasteiger partial charge in [0, 0.05) is 21.5 Å². The lowest BCUT2D eigenvalue weighted by Crippen LogP contribution is -2.25. The molecule has 0 radical (unpaired) electrons. The van der Waals surface area contributed by atoms with Crippen molar-refractivity contribution in [3.8, 4) is 0 Å². The van der Waals surface area contributed by atoms with Crippen molar-refractivity contribution in [3.63, 3.8) is 0 Å². The summed E-state index contributed by atoms with van der Waals surface area (Å²) >= 11 is 0. The Morgan fingerprint density at radius 1 is 0.708 bits per heavy atom.